The SMILES string of the molecule is COc1ccc(N(C)c2ncccc2CCl)cc1. The molecular weight excluding hydrogens is 248 g/mol. The van der Waals surface area contributed by atoms with Crippen molar-refractivity contribution in [3.8, 4) is 5.75 Å². The molecule has 0 radical (unpaired) electrons. The van der Waals surface area contributed by atoms with Crippen LogP contribution < -0.4 is 9.64 Å². The van der Waals surface area contributed by atoms with E-state index in [9.17, 15) is 0 Å². The van der Waals surface area contributed by atoms with Crippen LogP contribution in [0.15, 0.2) is 42.6 Å². The first kappa shape index (κ1) is 12.7. The van der Waals surface area contributed by atoms with Gasteiger partial charge in [0.15, 0.2) is 0 Å². The van der Waals surface area contributed by atoms with E-state index < -0.39 is 0 Å². The number of hydrogen-bond acceptors (Lipinski definition) is 3. The molecule has 0 N–H and O–H groups in total. The fraction of sp³-hybridized carbons (Fsp3) is 0.214. The Hall–Kier alpha value is -1.74. The summed E-state index contributed by atoms with van der Waals surface area (Å²) in [6, 6.07) is 11.7. The van der Waals surface area contributed by atoms with Gasteiger partial charge in [0.1, 0.15) is 11.6 Å². The molecule has 3 nitrogen and oxygen atoms in total. The lowest BCUT2D eigenvalue weighted by atomic mass is 10.2. The second-order valence-electron chi connectivity index (χ2n) is 3.88. The van der Waals surface area contributed by atoms with E-state index in [1.54, 1.807) is 13.3 Å². The van der Waals surface area contributed by atoms with Gasteiger partial charge in [-0.2, -0.15) is 0 Å². The molecule has 0 aliphatic heterocycles. The Morgan fingerprint density at radius 3 is 2.56 bits per heavy atom. The molecule has 1 aromatic heterocycles. The Morgan fingerprint density at radius 1 is 1.22 bits per heavy atom. The van der Waals surface area contributed by atoms with Crippen LogP contribution in [0.3, 0.4) is 0 Å². The van der Waals surface area contributed by atoms with Crippen LogP contribution in [-0.4, -0.2) is 19.1 Å². The highest BCUT2D eigenvalue weighted by atomic mass is 35.5. The van der Waals surface area contributed by atoms with Gasteiger partial charge in [0.05, 0.1) is 13.0 Å². The number of methoxy groups -OCH3 is 1. The Bertz CT molecular complexity index is 513. The largest absolute Gasteiger partial charge is 0.497 e. The molecule has 0 saturated heterocycles. The van der Waals surface area contributed by atoms with Crippen LogP contribution in [0.2, 0.25) is 0 Å². The van der Waals surface area contributed by atoms with E-state index in [0.29, 0.717) is 5.88 Å². The van der Waals surface area contributed by atoms with Crippen molar-refractivity contribution in [3.63, 3.8) is 0 Å². The monoisotopic (exact) mass is 262 g/mol. The maximum atomic E-state index is 5.92. The molecule has 0 aliphatic rings. The zero-order chi connectivity index (χ0) is 13.0. The third-order valence-electron chi connectivity index (χ3n) is 2.79. The van der Waals surface area contributed by atoms with Crippen LogP contribution in [0.25, 0.3) is 0 Å². The van der Waals surface area contributed by atoms with Gasteiger partial charge in [0.25, 0.3) is 0 Å². The van der Waals surface area contributed by atoms with Crippen molar-refractivity contribution in [2.75, 3.05) is 19.1 Å². The second-order valence-corrected chi connectivity index (χ2v) is 4.14. The van der Waals surface area contributed by atoms with Crippen molar-refractivity contribution < 1.29 is 4.74 Å². The smallest absolute Gasteiger partial charge is 0.137 e. The Morgan fingerprint density at radius 2 is 1.94 bits per heavy atom. The molecule has 0 spiro atoms. The highest BCUT2D eigenvalue weighted by Gasteiger charge is 2.09. The van der Waals surface area contributed by atoms with Crippen LogP contribution >= 0.6 is 11.6 Å². The number of alkyl halides is 1. The summed E-state index contributed by atoms with van der Waals surface area (Å²) in [5.41, 5.74) is 2.05. The number of aromatic nitrogens is 1. The van der Waals surface area contributed by atoms with Crippen LogP contribution in [0.5, 0.6) is 5.75 Å². The minimum Gasteiger partial charge on any atom is -0.497 e. The summed E-state index contributed by atoms with van der Waals surface area (Å²) >= 11 is 5.92. The average Bonchev–Trinajstić information content (AvgIpc) is 2.46. The average molecular weight is 263 g/mol. The van der Waals surface area contributed by atoms with Gasteiger partial charge in [-0.25, -0.2) is 4.98 Å². The molecule has 4 heteroatoms. The van der Waals surface area contributed by atoms with Gasteiger partial charge >= 0.3 is 0 Å². The number of nitrogens with zero attached hydrogens (tertiary/aromatic N) is 2. The van der Waals surface area contributed by atoms with Crippen molar-refractivity contribution in [2.45, 2.75) is 5.88 Å². The van der Waals surface area contributed by atoms with Crippen molar-refractivity contribution in [1.82, 2.24) is 4.98 Å². The summed E-state index contributed by atoms with van der Waals surface area (Å²) < 4.78 is 5.14. The van der Waals surface area contributed by atoms with E-state index in [1.807, 2.05) is 48.3 Å². The number of ether oxygens (including phenoxy) is 1. The van der Waals surface area contributed by atoms with Crippen LogP contribution in [0, 0.1) is 0 Å². The van der Waals surface area contributed by atoms with Gasteiger partial charge in [-0.05, 0) is 30.3 Å². The zero-order valence-corrected chi connectivity index (χ0v) is 11.2. The first-order valence-corrected chi connectivity index (χ1v) is 6.17. The molecule has 18 heavy (non-hydrogen) atoms. The van der Waals surface area contributed by atoms with Crippen molar-refractivity contribution in [1.29, 1.82) is 0 Å². The Kier molecular flexibility index (Phi) is 4.05. The molecule has 0 atom stereocenters. The van der Waals surface area contributed by atoms with Crippen molar-refractivity contribution in [3.05, 3.63) is 48.2 Å². The fourth-order valence-corrected chi connectivity index (χ4v) is 1.97. The topological polar surface area (TPSA) is 25.4 Å². The van der Waals surface area contributed by atoms with Gasteiger partial charge in [0, 0.05) is 24.5 Å². The molecule has 0 saturated carbocycles. The predicted octanol–water partition coefficient (Wildman–Crippen LogP) is 3.60. The van der Waals surface area contributed by atoms with E-state index in [0.717, 1.165) is 22.8 Å². The lowest BCUT2D eigenvalue weighted by molar-refractivity contribution is 0.415. The summed E-state index contributed by atoms with van der Waals surface area (Å²) in [4.78, 5) is 6.39. The lowest BCUT2D eigenvalue weighted by Gasteiger charge is -2.20. The standard InChI is InChI=1S/C14H15ClN2O/c1-17(12-5-7-13(18-2)8-6-12)14-11(10-15)4-3-9-16-14/h3-9H,10H2,1-2H3. The highest BCUT2D eigenvalue weighted by Crippen LogP contribution is 2.27. The maximum Gasteiger partial charge on any atom is 0.137 e. The molecule has 2 rings (SSSR count). The molecule has 0 bridgehead atoms. The van der Waals surface area contributed by atoms with E-state index in [2.05, 4.69) is 4.98 Å². The molecule has 1 heterocycles. The summed E-state index contributed by atoms with van der Waals surface area (Å²) in [6.07, 6.45) is 1.77. The van der Waals surface area contributed by atoms with E-state index in [1.165, 1.54) is 0 Å². The van der Waals surface area contributed by atoms with Gasteiger partial charge < -0.3 is 9.64 Å². The first-order valence-electron chi connectivity index (χ1n) is 5.64. The second kappa shape index (κ2) is 5.74. The maximum absolute atomic E-state index is 5.92. The molecule has 2 aromatic rings. The number of rotatable bonds is 4. The first-order chi connectivity index (χ1) is 8.76. The summed E-state index contributed by atoms with van der Waals surface area (Å²) in [5, 5.41) is 0. The van der Waals surface area contributed by atoms with E-state index in [4.69, 9.17) is 16.3 Å². The van der Waals surface area contributed by atoms with Crippen molar-refractivity contribution in [2.24, 2.45) is 0 Å². The van der Waals surface area contributed by atoms with Crippen molar-refractivity contribution >= 4 is 23.1 Å². The van der Waals surface area contributed by atoms with Gasteiger partial charge in [-0.15, -0.1) is 11.6 Å². The summed E-state index contributed by atoms with van der Waals surface area (Å²) in [7, 11) is 3.63. The summed E-state index contributed by atoms with van der Waals surface area (Å²) in [6.45, 7) is 0. The molecular formula is C14H15ClN2O. The molecule has 0 amide bonds. The highest BCUT2D eigenvalue weighted by molar-refractivity contribution is 6.17. The number of benzene rings is 1. The minimum absolute atomic E-state index is 0.448. The number of hydrogen-bond donors (Lipinski definition) is 0. The minimum atomic E-state index is 0.448. The fourth-order valence-electron chi connectivity index (χ4n) is 1.76. The third-order valence-corrected chi connectivity index (χ3v) is 3.08. The number of anilines is 2. The molecule has 0 aliphatic carbocycles. The zero-order valence-electron chi connectivity index (χ0n) is 10.4. The van der Waals surface area contributed by atoms with E-state index >= 15 is 0 Å². The van der Waals surface area contributed by atoms with Gasteiger partial charge in [-0.3, -0.25) is 0 Å². The molecule has 0 unspecified atom stereocenters. The van der Waals surface area contributed by atoms with Gasteiger partial charge in [0.2, 0.25) is 0 Å². The normalized spacial score (nSPS) is 10.2. The number of halogens is 1. The summed E-state index contributed by atoms with van der Waals surface area (Å²) in [5.74, 6) is 2.16. The van der Waals surface area contributed by atoms with Gasteiger partial charge in [-0.1, -0.05) is 6.07 Å². The molecule has 94 valence electrons. The van der Waals surface area contributed by atoms with Crippen LogP contribution in [-0.2, 0) is 5.88 Å². The van der Waals surface area contributed by atoms with E-state index in [-0.39, 0.29) is 0 Å². The third kappa shape index (κ3) is 2.57. The predicted molar refractivity (Wildman–Crippen MR) is 74.9 cm³/mol. The Balaban J connectivity index is 2.31. The molecule has 0 fully saturated rings. The van der Waals surface area contributed by atoms with Crippen LogP contribution in [0.1, 0.15) is 5.56 Å². The quantitative estimate of drug-likeness (QED) is 0.788. The lowest BCUT2D eigenvalue weighted by Crippen LogP contribution is -2.13. The Labute approximate surface area is 112 Å². The number of pyridine rings is 1. The van der Waals surface area contributed by atoms with Crippen LogP contribution in [0.4, 0.5) is 11.5 Å². The molecule has 1 aromatic carbocycles.